The van der Waals surface area contributed by atoms with Crippen LogP contribution in [-0.4, -0.2) is 56.2 Å². The van der Waals surface area contributed by atoms with E-state index in [1.165, 1.54) is 35.4 Å². The number of nitrogens with one attached hydrogen (secondary N) is 1. The Labute approximate surface area is 212 Å². The van der Waals surface area contributed by atoms with E-state index in [0.717, 1.165) is 0 Å². The number of aromatic nitrogens is 1. The first-order chi connectivity index (χ1) is 17.4. The quantitative estimate of drug-likeness (QED) is 0.596. The summed E-state index contributed by atoms with van der Waals surface area (Å²) in [4.78, 5) is 19.0. The van der Waals surface area contributed by atoms with Crippen molar-refractivity contribution in [2.45, 2.75) is 39.0 Å². The first-order valence-electron chi connectivity index (χ1n) is 11.7. The maximum absolute atomic E-state index is 14.4. The molecule has 9 nitrogen and oxygen atoms in total. The Kier molecular flexibility index (Phi) is 7.53. The number of pyridine rings is 1. The number of carbonyl (C=O) groups excluding carboxylic acids is 1. The maximum Gasteiger partial charge on any atom is 0.280 e. The van der Waals surface area contributed by atoms with Crippen LogP contribution in [0.3, 0.4) is 0 Å². The minimum absolute atomic E-state index is 0.0132. The number of hydrogen-bond acceptors (Lipinski definition) is 8. The van der Waals surface area contributed by atoms with E-state index in [-0.39, 0.29) is 53.3 Å². The van der Waals surface area contributed by atoms with Gasteiger partial charge >= 0.3 is 0 Å². The molecule has 0 aliphatic carbocycles. The van der Waals surface area contributed by atoms with Crippen molar-refractivity contribution in [3.05, 3.63) is 41.7 Å². The number of rotatable bonds is 6. The molecule has 2 aromatic rings. The number of halogens is 3. The maximum atomic E-state index is 14.4. The molecule has 1 saturated heterocycles. The van der Waals surface area contributed by atoms with Gasteiger partial charge in [0, 0.05) is 50.2 Å². The molecule has 2 aliphatic heterocycles. The summed E-state index contributed by atoms with van der Waals surface area (Å²) in [5, 5.41) is 6.68. The van der Waals surface area contributed by atoms with Crippen LogP contribution in [0, 0.1) is 11.7 Å². The second kappa shape index (κ2) is 10.5. The lowest BCUT2D eigenvalue weighted by Crippen LogP contribution is -2.41. The van der Waals surface area contributed by atoms with Crippen molar-refractivity contribution in [3.63, 3.8) is 0 Å². The van der Waals surface area contributed by atoms with E-state index in [2.05, 4.69) is 15.2 Å². The first-order valence-corrected chi connectivity index (χ1v) is 13.1. The van der Waals surface area contributed by atoms with Crippen LogP contribution in [0.15, 0.2) is 40.5 Å². The van der Waals surface area contributed by atoms with Crippen LogP contribution < -0.4 is 14.4 Å². The molecule has 4 rings (SSSR count). The molecule has 0 bridgehead atoms. The highest BCUT2D eigenvalue weighted by atomic mass is 32.2. The van der Waals surface area contributed by atoms with E-state index in [4.69, 9.17) is 4.74 Å². The van der Waals surface area contributed by atoms with Crippen LogP contribution in [-0.2, 0) is 10.0 Å². The summed E-state index contributed by atoms with van der Waals surface area (Å²) in [6.45, 7) is 4.05. The number of nitrogens with zero attached hydrogens (tertiary/aromatic N) is 4. The van der Waals surface area contributed by atoms with Crippen molar-refractivity contribution in [3.8, 4) is 17.0 Å². The highest BCUT2D eigenvalue weighted by Gasteiger charge is 2.36. The van der Waals surface area contributed by atoms with E-state index >= 15 is 0 Å². The average Bonchev–Trinajstić information content (AvgIpc) is 3.38. The van der Waals surface area contributed by atoms with E-state index in [0.29, 0.717) is 12.2 Å². The Hall–Kier alpha value is -3.48. The summed E-state index contributed by atoms with van der Waals surface area (Å²) in [5.74, 6) is -3.90. The molecule has 1 N–H and O–H groups in total. The van der Waals surface area contributed by atoms with Gasteiger partial charge in [-0.2, -0.15) is 13.5 Å². The number of hydrogen-bond donors (Lipinski definition) is 1. The fourth-order valence-corrected chi connectivity index (χ4v) is 4.71. The normalized spacial score (nSPS) is 17.1. The van der Waals surface area contributed by atoms with Crippen molar-refractivity contribution in [2.24, 2.45) is 16.1 Å². The van der Waals surface area contributed by atoms with Gasteiger partial charge in [0.2, 0.25) is 0 Å². The van der Waals surface area contributed by atoms with Crippen LogP contribution in [0.5, 0.6) is 5.75 Å². The van der Waals surface area contributed by atoms with Gasteiger partial charge in [-0.25, -0.2) is 22.9 Å². The summed E-state index contributed by atoms with van der Waals surface area (Å²) in [6.07, 6.45) is 0.306. The minimum Gasteiger partial charge on any atom is -0.493 e. The van der Waals surface area contributed by atoms with Gasteiger partial charge in [-0.05, 0) is 30.2 Å². The number of alkyl halides is 2. The molecule has 1 fully saturated rings. The van der Waals surface area contributed by atoms with Crippen molar-refractivity contribution in [1.29, 1.82) is 0 Å². The summed E-state index contributed by atoms with van der Waals surface area (Å²) >= 11 is 0. The van der Waals surface area contributed by atoms with Gasteiger partial charge in [-0.3, -0.25) is 4.79 Å². The number of piperidine rings is 1. The lowest BCUT2D eigenvalue weighted by molar-refractivity contribution is -0.0221. The zero-order valence-corrected chi connectivity index (χ0v) is 21.1. The molecule has 1 aromatic carbocycles. The van der Waals surface area contributed by atoms with E-state index in [9.17, 15) is 26.4 Å². The third-order valence-electron chi connectivity index (χ3n) is 5.72. The minimum atomic E-state index is -4.27. The summed E-state index contributed by atoms with van der Waals surface area (Å²) < 4.78 is 74.6. The first kappa shape index (κ1) is 26.6. The van der Waals surface area contributed by atoms with Gasteiger partial charge in [-0.15, -0.1) is 5.10 Å². The number of amides is 1. The van der Waals surface area contributed by atoms with Crippen LogP contribution in [0.2, 0.25) is 0 Å². The Morgan fingerprint density at radius 2 is 1.92 bits per heavy atom. The molecular weight excluding hydrogens is 511 g/mol. The van der Waals surface area contributed by atoms with Crippen LogP contribution in [0.25, 0.3) is 11.3 Å². The molecule has 13 heteroatoms. The fourth-order valence-electron chi connectivity index (χ4n) is 3.79. The molecular formula is C24H26F3N5O4S. The third kappa shape index (κ3) is 6.45. The Morgan fingerprint density at radius 1 is 1.19 bits per heavy atom. The summed E-state index contributed by atoms with van der Waals surface area (Å²) in [6, 6.07) is 6.83. The number of benzene rings is 1. The molecule has 198 valence electrons. The second-order valence-corrected chi connectivity index (χ2v) is 10.9. The molecule has 0 radical (unpaired) electrons. The Bertz CT molecular complexity index is 1350. The van der Waals surface area contributed by atoms with E-state index in [1.54, 1.807) is 6.07 Å². The smallest absolute Gasteiger partial charge is 0.280 e. The van der Waals surface area contributed by atoms with Crippen molar-refractivity contribution in [1.82, 2.24) is 9.71 Å². The van der Waals surface area contributed by atoms with Crippen LogP contribution >= 0.6 is 0 Å². The van der Waals surface area contributed by atoms with Crippen molar-refractivity contribution < 1.29 is 31.1 Å². The Balaban J connectivity index is 1.70. The third-order valence-corrected chi connectivity index (χ3v) is 7.04. The van der Waals surface area contributed by atoms with E-state index < -0.39 is 40.5 Å². The van der Waals surface area contributed by atoms with Gasteiger partial charge in [0.1, 0.15) is 17.4 Å². The zero-order chi connectivity index (χ0) is 26.8. The van der Waals surface area contributed by atoms with Gasteiger partial charge in [0.05, 0.1) is 17.9 Å². The predicted molar refractivity (Wildman–Crippen MR) is 133 cm³/mol. The number of ether oxygens (including phenoxy) is 1. The molecule has 37 heavy (non-hydrogen) atoms. The lowest BCUT2D eigenvalue weighted by Gasteiger charge is -2.33. The number of carbonyl (C=O) groups is 1. The number of anilines is 1. The standard InChI is InChI=1S/C24H26F3N5O4S/c1-15(2)14-36-18-12-16(11-17(25)13-18)20-4-3-19(22(29-20)32-9-6-24(26,27)7-10-32)23(33)31-37(34,35)21-5-8-28-30-21/h3-4,8,11-13,15H,5-7,9-10,14H2,1-2H3,(H,31,33). The van der Waals surface area contributed by atoms with E-state index in [1.807, 2.05) is 18.6 Å². The van der Waals surface area contributed by atoms with Crippen LogP contribution in [0.4, 0.5) is 19.0 Å². The fraction of sp³-hybridized carbons (Fsp3) is 0.417. The molecule has 3 heterocycles. The SMILES string of the molecule is CC(C)COc1cc(F)cc(-c2ccc(C(=O)NS(=O)(=O)C3=NN=CC3)c(N3CCC(F)(F)CC3)n2)c1. The predicted octanol–water partition coefficient (Wildman–Crippen LogP) is 4.01. The average molecular weight is 538 g/mol. The van der Waals surface area contributed by atoms with Crippen molar-refractivity contribution in [2.75, 3.05) is 24.6 Å². The van der Waals surface area contributed by atoms with Crippen molar-refractivity contribution >= 4 is 33.0 Å². The van der Waals surface area contributed by atoms with Gasteiger partial charge in [-0.1, -0.05) is 13.8 Å². The molecule has 2 aliphatic rings. The molecule has 1 aromatic heterocycles. The van der Waals surface area contributed by atoms with Gasteiger partial charge in [0.25, 0.3) is 21.9 Å². The Morgan fingerprint density at radius 3 is 2.57 bits per heavy atom. The molecule has 1 amide bonds. The highest BCUT2D eigenvalue weighted by Crippen LogP contribution is 2.33. The summed E-state index contributed by atoms with van der Waals surface area (Å²) in [5.41, 5.74) is 0.471. The zero-order valence-electron chi connectivity index (χ0n) is 20.2. The van der Waals surface area contributed by atoms with Crippen LogP contribution in [0.1, 0.15) is 43.5 Å². The molecule has 0 atom stereocenters. The topological polar surface area (TPSA) is 113 Å². The molecule has 0 unspecified atom stereocenters. The molecule has 0 spiro atoms. The highest BCUT2D eigenvalue weighted by molar-refractivity contribution is 8.05. The number of sulfonamides is 1. The van der Waals surface area contributed by atoms with Gasteiger partial charge in [0.15, 0.2) is 5.04 Å². The second-order valence-electron chi connectivity index (χ2n) is 9.22. The van der Waals surface area contributed by atoms with Gasteiger partial charge < -0.3 is 9.64 Å². The lowest BCUT2D eigenvalue weighted by atomic mass is 10.0. The summed E-state index contributed by atoms with van der Waals surface area (Å²) in [7, 11) is -4.27. The monoisotopic (exact) mass is 537 g/mol. The molecule has 0 saturated carbocycles. The largest absolute Gasteiger partial charge is 0.493 e.